The Morgan fingerprint density at radius 1 is 1.10 bits per heavy atom. The van der Waals surface area contributed by atoms with Crippen molar-refractivity contribution in [1.82, 2.24) is 9.80 Å². The molecule has 0 saturated carbocycles. The van der Waals surface area contributed by atoms with Gasteiger partial charge < -0.3 is 9.47 Å². The molecule has 210 valence electrons. The Bertz CT molecular complexity index is 1340. The fourth-order valence-electron chi connectivity index (χ4n) is 5.68. The van der Waals surface area contributed by atoms with Crippen LogP contribution in [0.2, 0.25) is 0 Å². The van der Waals surface area contributed by atoms with E-state index < -0.39 is 35.8 Å². The average molecular weight is 546 g/mol. The Morgan fingerprint density at radius 2 is 1.80 bits per heavy atom. The van der Waals surface area contributed by atoms with Gasteiger partial charge in [0.25, 0.3) is 0 Å². The number of rotatable bonds is 8. The maximum absolute atomic E-state index is 15.4. The minimum atomic E-state index is -1.04. The van der Waals surface area contributed by atoms with E-state index in [1.165, 1.54) is 24.8 Å². The second-order valence-corrected chi connectivity index (χ2v) is 10.1. The van der Waals surface area contributed by atoms with Crippen LogP contribution in [0.15, 0.2) is 64.8 Å². The average Bonchev–Trinajstić information content (AvgIpc) is 2.96. The van der Waals surface area contributed by atoms with Crippen LogP contribution in [0.4, 0.5) is 4.39 Å². The smallest absolute Gasteiger partial charge is 0.338 e. The molecule has 2 aromatic rings. The Balaban J connectivity index is 1.59. The number of nitrogens with zero attached hydrogens (tertiary/aromatic N) is 3. The van der Waals surface area contributed by atoms with Crippen LogP contribution in [0, 0.1) is 24.1 Å². The zero-order chi connectivity index (χ0) is 28.8. The number of aliphatic imine (C=N–C) groups is 1. The largest absolute Gasteiger partial charge is 0.468 e. The monoisotopic (exact) mass is 545 g/mol. The molecule has 2 aliphatic heterocycles. The summed E-state index contributed by atoms with van der Waals surface area (Å²) in [5.41, 5.74) is 2.50. The van der Waals surface area contributed by atoms with Gasteiger partial charge in [-0.25, -0.2) is 9.18 Å². The molecular formula is C32H36FN3O4. The molecule has 0 amide bonds. The number of benzene rings is 2. The van der Waals surface area contributed by atoms with Gasteiger partial charge in [0, 0.05) is 61.2 Å². The van der Waals surface area contributed by atoms with Crippen LogP contribution in [-0.4, -0.2) is 67.0 Å². The highest BCUT2D eigenvalue weighted by Gasteiger charge is 2.45. The molecule has 0 spiro atoms. The van der Waals surface area contributed by atoms with Crippen molar-refractivity contribution >= 4 is 17.7 Å². The first kappa shape index (κ1) is 29.2. The van der Waals surface area contributed by atoms with Crippen molar-refractivity contribution in [2.75, 3.05) is 33.3 Å². The summed E-state index contributed by atoms with van der Waals surface area (Å²) in [6.45, 7) is 9.30. The highest BCUT2D eigenvalue weighted by atomic mass is 19.1. The molecule has 3 atom stereocenters. The van der Waals surface area contributed by atoms with Gasteiger partial charge in [-0.05, 0) is 38.0 Å². The Hall–Kier alpha value is -3.80. The molecule has 2 aromatic carbocycles. The van der Waals surface area contributed by atoms with Gasteiger partial charge in [0.2, 0.25) is 0 Å². The molecule has 1 fully saturated rings. The van der Waals surface area contributed by atoms with Crippen LogP contribution < -0.4 is 0 Å². The van der Waals surface area contributed by atoms with Gasteiger partial charge in [0.15, 0.2) is 6.23 Å². The minimum Gasteiger partial charge on any atom is -0.468 e. The fraction of sp³-hybridized carbons (Fsp3) is 0.406. The third-order valence-corrected chi connectivity index (χ3v) is 7.68. The number of piperazine rings is 1. The van der Waals surface area contributed by atoms with Crippen molar-refractivity contribution in [2.24, 2.45) is 10.9 Å². The van der Waals surface area contributed by atoms with E-state index in [2.05, 4.69) is 32.8 Å². The lowest BCUT2D eigenvalue weighted by molar-refractivity contribution is -0.157. The molecule has 2 aliphatic rings. The van der Waals surface area contributed by atoms with E-state index in [0.717, 1.165) is 32.7 Å². The lowest BCUT2D eigenvalue weighted by Crippen LogP contribution is -2.51. The maximum Gasteiger partial charge on any atom is 0.338 e. The van der Waals surface area contributed by atoms with Crippen LogP contribution in [-0.2, 0) is 25.6 Å². The second kappa shape index (κ2) is 13.0. The molecule has 0 radical (unpaired) electrons. The molecule has 7 nitrogen and oxygen atoms in total. The Kier molecular flexibility index (Phi) is 9.51. The van der Waals surface area contributed by atoms with E-state index >= 15 is 4.39 Å². The van der Waals surface area contributed by atoms with Crippen LogP contribution >= 0.6 is 0 Å². The standard InChI is InChI=1S/C32H36FN3O4/c1-6-24-14-11-15-25(33)29(24)30-27(31(37)39-5)21(3)34-22(4)28(30)32(38)40-26(7-2)36-18-16-35(17-19-36)20-23-12-9-8-10-13-23/h1,8-15,26-27,30H,7,16-20H2,2-5H3. The molecule has 40 heavy (non-hydrogen) atoms. The maximum atomic E-state index is 15.4. The molecule has 0 aromatic heterocycles. The number of methoxy groups -OCH3 is 1. The van der Waals surface area contributed by atoms with Gasteiger partial charge >= 0.3 is 11.9 Å². The lowest BCUT2D eigenvalue weighted by Gasteiger charge is -2.39. The van der Waals surface area contributed by atoms with E-state index in [1.54, 1.807) is 19.9 Å². The summed E-state index contributed by atoms with van der Waals surface area (Å²) in [6, 6.07) is 14.7. The SMILES string of the molecule is C#Cc1cccc(F)c1C1C(C(=O)OC(CC)N2CCN(Cc3ccccc3)CC2)=C(C)N=C(C)C1C(=O)OC. The molecule has 1 saturated heterocycles. The molecule has 4 rings (SSSR count). The summed E-state index contributed by atoms with van der Waals surface area (Å²) in [5, 5.41) is 0. The molecule has 2 heterocycles. The highest BCUT2D eigenvalue weighted by Crippen LogP contribution is 2.42. The summed E-state index contributed by atoms with van der Waals surface area (Å²) in [5.74, 6) is -1.43. The molecule has 3 unspecified atom stereocenters. The van der Waals surface area contributed by atoms with E-state index in [9.17, 15) is 9.59 Å². The van der Waals surface area contributed by atoms with E-state index in [4.69, 9.17) is 15.9 Å². The van der Waals surface area contributed by atoms with E-state index in [1.807, 2.05) is 25.1 Å². The number of hydrogen-bond donors (Lipinski definition) is 0. The Labute approximate surface area is 235 Å². The summed E-state index contributed by atoms with van der Waals surface area (Å²) >= 11 is 0. The topological polar surface area (TPSA) is 71.4 Å². The van der Waals surface area contributed by atoms with Crippen molar-refractivity contribution in [3.05, 3.63) is 82.3 Å². The second-order valence-electron chi connectivity index (χ2n) is 10.1. The molecule has 8 heteroatoms. The quantitative estimate of drug-likeness (QED) is 0.359. The number of esters is 2. The van der Waals surface area contributed by atoms with Crippen molar-refractivity contribution in [3.8, 4) is 12.3 Å². The number of terminal acetylenes is 1. The highest BCUT2D eigenvalue weighted by molar-refractivity contribution is 6.07. The first-order chi connectivity index (χ1) is 19.3. The lowest BCUT2D eigenvalue weighted by atomic mass is 9.74. The van der Waals surface area contributed by atoms with Gasteiger partial charge in [-0.15, -0.1) is 6.42 Å². The molecule has 0 bridgehead atoms. The van der Waals surface area contributed by atoms with E-state index in [0.29, 0.717) is 17.8 Å². The molecule has 0 aliphatic carbocycles. The zero-order valence-electron chi connectivity index (χ0n) is 23.5. The first-order valence-corrected chi connectivity index (χ1v) is 13.6. The van der Waals surface area contributed by atoms with Crippen molar-refractivity contribution in [3.63, 3.8) is 0 Å². The van der Waals surface area contributed by atoms with Gasteiger partial charge in [-0.2, -0.15) is 0 Å². The summed E-state index contributed by atoms with van der Waals surface area (Å²) in [6.07, 6.45) is 5.81. The number of hydrogen-bond acceptors (Lipinski definition) is 7. The van der Waals surface area contributed by atoms with Crippen LogP contribution in [0.25, 0.3) is 0 Å². The number of halogens is 1. The predicted molar refractivity (Wildman–Crippen MR) is 152 cm³/mol. The predicted octanol–water partition coefficient (Wildman–Crippen LogP) is 4.53. The number of ether oxygens (including phenoxy) is 2. The molecular weight excluding hydrogens is 509 g/mol. The van der Waals surface area contributed by atoms with Crippen LogP contribution in [0.1, 0.15) is 49.8 Å². The Morgan fingerprint density at radius 3 is 2.42 bits per heavy atom. The fourth-order valence-corrected chi connectivity index (χ4v) is 5.68. The minimum absolute atomic E-state index is 0.0866. The van der Waals surface area contributed by atoms with Crippen LogP contribution in [0.3, 0.4) is 0 Å². The van der Waals surface area contributed by atoms with Crippen LogP contribution in [0.5, 0.6) is 0 Å². The van der Waals surface area contributed by atoms with Gasteiger partial charge in [-0.1, -0.05) is 49.2 Å². The summed E-state index contributed by atoms with van der Waals surface area (Å²) in [4.78, 5) is 35.9. The summed E-state index contributed by atoms with van der Waals surface area (Å²) in [7, 11) is 1.25. The van der Waals surface area contributed by atoms with Gasteiger partial charge in [0.05, 0.1) is 12.7 Å². The number of carbonyl (C=O) groups is 2. The van der Waals surface area contributed by atoms with Crippen molar-refractivity contribution < 1.29 is 23.5 Å². The molecule has 0 N–H and O–H groups in total. The third-order valence-electron chi connectivity index (χ3n) is 7.68. The number of carbonyl (C=O) groups excluding carboxylic acids is 2. The first-order valence-electron chi connectivity index (χ1n) is 13.6. The van der Waals surface area contributed by atoms with E-state index in [-0.39, 0.29) is 16.7 Å². The van der Waals surface area contributed by atoms with Gasteiger partial charge in [-0.3, -0.25) is 19.6 Å². The normalized spacial score (nSPS) is 20.9. The number of allylic oxidation sites excluding steroid dienone is 1. The zero-order valence-corrected chi connectivity index (χ0v) is 23.5. The third kappa shape index (κ3) is 6.16. The van der Waals surface area contributed by atoms with Crippen molar-refractivity contribution in [1.29, 1.82) is 0 Å². The summed E-state index contributed by atoms with van der Waals surface area (Å²) < 4.78 is 26.5. The van der Waals surface area contributed by atoms with Gasteiger partial charge in [0.1, 0.15) is 11.7 Å². The van der Waals surface area contributed by atoms with Crippen molar-refractivity contribution in [2.45, 2.75) is 45.9 Å².